The molecule has 1 saturated heterocycles. The van der Waals surface area contributed by atoms with Gasteiger partial charge in [-0.15, -0.1) is 11.3 Å². The molecule has 0 radical (unpaired) electrons. The van der Waals surface area contributed by atoms with Gasteiger partial charge in [-0.2, -0.15) is 4.31 Å². The third kappa shape index (κ3) is 3.19. The fourth-order valence-corrected chi connectivity index (χ4v) is 6.49. The van der Waals surface area contributed by atoms with Gasteiger partial charge in [0.05, 0.1) is 0 Å². The Kier molecular flexibility index (Phi) is 4.62. The third-order valence-corrected chi connectivity index (χ3v) is 8.67. The minimum Gasteiger partial charge on any atom is -0.358 e. The van der Waals surface area contributed by atoms with Gasteiger partial charge in [0.25, 0.3) is 10.0 Å². The van der Waals surface area contributed by atoms with Gasteiger partial charge in [-0.05, 0) is 55.7 Å². The summed E-state index contributed by atoms with van der Waals surface area (Å²) in [6, 6.07) is 10.3. The number of H-pyrrole nitrogens is 1. The van der Waals surface area contributed by atoms with Crippen LogP contribution >= 0.6 is 11.3 Å². The molecule has 0 aliphatic carbocycles. The van der Waals surface area contributed by atoms with Crippen molar-refractivity contribution < 1.29 is 12.8 Å². The van der Waals surface area contributed by atoms with Gasteiger partial charge >= 0.3 is 0 Å². The molecule has 2 aromatic heterocycles. The quantitative estimate of drug-likeness (QED) is 0.711. The number of fused-ring (bicyclic) bond motifs is 1. The summed E-state index contributed by atoms with van der Waals surface area (Å²) in [4.78, 5) is 4.44. The fraction of sp³-hybridized carbons (Fsp3) is 0.368. The molecule has 3 heterocycles. The molecule has 0 atom stereocenters. The second-order valence-corrected chi connectivity index (χ2v) is 10.0. The van der Waals surface area contributed by atoms with Gasteiger partial charge in [-0.1, -0.05) is 6.92 Å². The minimum atomic E-state index is -3.40. The highest BCUT2D eigenvalue weighted by molar-refractivity contribution is 7.91. The van der Waals surface area contributed by atoms with Crippen LogP contribution in [-0.4, -0.2) is 30.8 Å². The first-order valence-corrected chi connectivity index (χ1v) is 11.1. The van der Waals surface area contributed by atoms with Crippen molar-refractivity contribution >= 4 is 32.3 Å². The average Bonchev–Trinajstić information content (AvgIpc) is 3.28. The van der Waals surface area contributed by atoms with Crippen molar-refractivity contribution in [2.75, 3.05) is 13.1 Å². The van der Waals surface area contributed by atoms with Crippen molar-refractivity contribution in [1.82, 2.24) is 9.29 Å². The van der Waals surface area contributed by atoms with E-state index in [4.69, 9.17) is 0 Å². The molecule has 0 spiro atoms. The number of halogens is 1. The van der Waals surface area contributed by atoms with Gasteiger partial charge in [-0.25, -0.2) is 12.8 Å². The van der Waals surface area contributed by atoms with E-state index in [-0.39, 0.29) is 11.7 Å². The highest BCUT2D eigenvalue weighted by atomic mass is 32.2. The molecular formula is C19H21FN2O2S2. The Morgan fingerprint density at radius 3 is 2.65 bits per heavy atom. The number of nitrogens with zero attached hydrogens (tertiary/aromatic N) is 1. The maximum Gasteiger partial charge on any atom is 0.252 e. The van der Waals surface area contributed by atoms with Crippen molar-refractivity contribution in [3.63, 3.8) is 0 Å². The van der Waals surface area contributed by atoms with Crippen LogP contribution in [0.15, 0.2) is 40.6 Å². The summed E-state index contributed by atoms with van der Waals surface area (Å²) >= 11 is 1.36. The summed E-state index contributed by atoms with van der Waals surface area (Å²) in [6.45, 7) is 3.05. The van der Waals surface area contributed by atoms with Gasteiger partial charge in [0.15, 0.2) is 0 Å². The number of aryl methyl sites for hydroxylation is 1. The zero-order chi connectivity index (χ0) is 18.3. The zero-order valence-corrected chi connectivity index (χ0v) is 16.2. The SMILES string of the molecule is CCc1ccc(S(=O)(=O)N2CCC(c3cc4cc(F)ccc4[nH]3)CC2)s1. The summed E-state index contributed by atoms with van der Waals surface area (Å²) in [7, 11) is -3.40. The number of aromatic amines is 1. The van der Waals surface area contributed by atoms with E-state index >= 15 is 0 Å². The first-order valence-electron chi connectivity index (χ1n) is 8.84. The van der Waals surface area contributed by atoms with Gasteiger partial charge < -0.3 is 4.98 Å². The van der Waals surface area contributed by atoms with Gasteiger partial charge in [0, 0.05) is 40.5 Å². The number of benzene rings is 1. The fourth-order valence-electron chi connectivity index (χ4n) is 3.57. The van der Waals surface area contributed by atoms with E-state index in [1.807, 2.05) is 19.1 Å². The lowest BCUT2D eigenvalue weighted by Gasteiger charge is -2.30. The van der Waals surface area contributed by atoms with Gasteiger partial charge in [0.1, 0.15) is 10.0 Å². The summed E-state index contributed by atoms with van der Waals surface area (Å²) < 4.78 is 41.1. The standard InChI is InChI=1S/C19H21FN2O2S2/c1-2-16-4-6-19(25-16)26(23,24)22-9-7-13(8-10-22)18-12-14-11-15(20)3-5-17(14)21-18/h3-6,11-13,21H,2,7-10H2,1H3. The van der Waals surface area contributed by atoms with E-state index in [9.17, 15) is 12.8 Å². The van der Waals surface area contributed by atoms with Crippen LogP contribution in [0.25, 0.3) is 10.9 Å². The van der Waals surface area contributed by atoms with Crippen LogP contribution in [0, 0.1) is 5.82 Å². The Morgan fingerprint density at radius 2 is 1.96 bits per heavy atom. The van der Waals surface area contributed by atoms with Crippen LogP contribution in [0.5, 0.6) is 0 Å². The highest BCUT2D eigenvalue weighted by Gasteiger charge is 2.31. The number of piperidine rings is 1. The van der Waals surface area contributed by atoms with E-state index in [2.05, 4.69) is 4.98 Å². The summed E-state index contributed by atoms with van der Waals surface area (Å²) in [6.07, 6.45) is 2.38. The molecule has 4 nitrogen and oxygen atoms in total. The first kappa shape index (κ1) is 17.7. The molecule has 1 fully saturated rings. The Morgan fingerprint density at radius 1 is 1.19 bits per heavy atom. The molecule has 26 heavy (non-hydrogen) atoms. The normalized spacial score (nSPS) is 17.2. The molecule has 0 amide bonds. The van der Waals surface area contributed by atoms with Crippen LogP contribution in [0.2, 0.25) is 0 Å². The molecule has 138 valence electrons. The predicted molar refractivity (Wildman–Crippen MR) is 103 cm³/mol. The lowest BCUT2D eigenvalue weighted by Crippen LogP contribution is -2.37. The van der Waals surface area contributed by atoms with Crippen LogP contribution < -0.4 is 0 Å². The van der Waals surface area contributed by atoms with Gasteiger partial charge in [-0.3, -0.25) is 0 Å². The van der Waals surface area contributed by atoms with E-state index in [1.165, 1.54) is 23.5 Å². The minimum absolute atomic E-state index is 0.244. The Balaban J connectivity index is 1.49. The molecule has 0 bridgehead atoms. The maximum absolute atomic E-state index is 13.4. The summed E-state index contributed by atoms with van der Waals surface area (Å²) in [5.41, 5.74) is 1.98. The molecule has 3 aromatic rings. The zero-order valence-electron chi connectivity index (χ0n) is 14.5. The molecule has 1 aliphatic heterocycles. The molecule has 7 heteroatoms. The summed E-state index contributed by atoms with van der Waals surface area (Å²) in [5, 5.41) is 0.862. The van der Waals surface area contributed by atoms with Crippen LogP contribution in [-0.2, 0) is 16.4 Å². The number of aromatic nitrogens is 1. The lowest BCUT2D eigenvalue weighted by atomic mass is 9.95. The summed E-state index contributed by atoms with van der Waals surface area (Å²) in [5.74, 6) is 0.0257. The second kappa shape index (κ2) is 6.79. The van der Waals surface area contributed by atoms with Crippen molar-refractivity contribution in [2.24, 2.45) is 0 Å². The predicted octanol–water partition coefficient (Wildman–Crippen LogP) is 4.50. The number of sulfonamides is 1. The largest absolute Gasteiger partial charge is 0.358 e. The molecule has 0 saturated carbocycles. The van der Waals surface area contributed by atoms with Crippen molar-refractivity contribution in [2.45, 2.75) is 36.3 Å². The Labute approximate surface area is 156 Å². The second-order valence-electron chi connectivity index (χ2n) is 6.71. The smallest absolute Gasteiger partial charge is 0.252 e. The number of rotatable bonds is 4. The lowest BCUT2D eigenvalue weighted by molar-refractivity contribution is 0.318. The van der Waals surface area contributed by atoms with E-state index < -0.39 is 10.0 Å². The molecule has 1 aliphatic rings. The molecule has 1 N–H and O–H groups in total. The van der Waals surface area contributed by atoms with E-state index in [1.54, 1.807) is 16.4 Å². The number of hydrogen-bond donors (Lipinski definition) is 1. The van der Waals surface area contributed by atoms with Gasteiger partial charge in [0.2, 0.25) is 0 Å². The molecule has 1 aromatic carbocycles. The van der Waals surface area contributed by atoms with E-state index in [0.29, 0.717) is 17.3 Å². The van der Waals surface area contributed by atoms with Crippen molar-refractivity contribution in [1.29, 1.82) is 0 Å². The average molecular weight is 393 g/mol. The Bertz CT molecular complexity index is 1030. The van der Waals surface area contributed by atoms with Crippen LogP contribution in [0.3, 0.4) is 0 Å². The number of hydrogen-bond acceptors (Lipinski definition) is 3. The number of nitrogens with one attached hydrogen (secondary N) is 1. The van der Waals surface area contributed by atoms with Crippen molar-refractivity contribution in [3.05, 3.63) is 52.8 Å². The first-order chi connectivity index (χ1) is 12.5. The maximum atomic E-state index is 13.4. The number of thiophene rings is 1. The van der Waals surface area contributed by atoms with Crippen LogP contribution in [0.1, 0.15) is 36.3 Å². The highest BCUT2D eigenvalue weighted by Crippen LogP contribution is 2.33. The Hall–Kier alpha value is -1.70. The molecular weight excluding hydrogens is 371 g/mol. The van der Waals surface area contributed by atoms with Crippen LogP contribution in [0.4, 0.5) is 4.39 Å². The molecule has 0 unspecified atom stereocenters. The topological polar surface area (TPSA) is 53.2 Å². The monoisotopic (exact) mass is 392 g/mol. The van der Waals surface area contributed by atoms with Crippen molar-refractivity contribution in [3.8, 4) is 0 Å². The molecule has 4 rings (SSSR count). The van der Waals surface area contributed by atoms with E-state index in [0.717, 1.165) is 40.7 Å². The third-order valence-electron chi connectivity index (χ3n) is 5.08.